The SMILES string of the molecule is O=COC(=O)C1CC2C1C1CC2C2(CC(=O)OC2=O)C1. The zero-order valence-corrected chi connectivity index (χ0v) is 10.7. The molecule has 4 aliphatic rings. The molecule has 4 rings (SSSR count). The standard InChI is InChI=1S/C14H14O6/c15-5-19-12(17)8-2-7-9-1-6(11(7)8)3-14(9)4-10(16)20-13(14)18/h5-9,11H,1-4H2. The molecule has 1 spiro atoms. The van der Waals surface area contributed by atoms with E-state index in [-0.39, 0.29) is 48.5 Å². The van der Waals surface area contributed by atoms with E-state index in [9.17, 15) is 19.2 Å². The summed E-state index contributed by atoms with van der Waals surface area (Å²) in [6, 6.07) is 0. The van der Waals surface area contributed by atoms with E-state index in [1.165, 1.54) is 0 Å². The summed E-state index contributed by atoms with van der Waals surface area (Å²) in [4.78, 5) is 45.3. The fraction of sp³-hybridized carbons (Fsp3) is 0.714. The monoisotopic (exact) mass is 278 g/mol. The number of carbonyl (C=O) groups excluding carboxylic acids is 4. The van der Waals surface area contributed by atoms with Crippen LogP contribution in [0.5, 0.6) is 0 Å². The average Bonchev–Trinajstić information content (AvgIpc) is 2.89. The third-order valence-electron chi connectivity index (χ3n) is 5.98. The minimum absolute atomic E-state index is 0.150. The Balaban J connectivity index is 1.56. The highest BCUT2D eigenvalue weighted by Crippen LogP contribution is 2.71. The molecule has 0 aromatic heterocycles. The maximum absolute atomic E-state index is 12.0. The summed E-state index contributed by atoms with van der Waals surface area (Å²) in [6.07, 6.45) is 2.36. The van der Waals surface area contributed by atoms with Gasteiger partial charge in [-0.2, -0.15) is 0 Å². The number of fused-ring (bicyclic) bond motifs is 6. The van der Waals surface area contributed by atoms with Crippen molar-refractivity contribution in [3.63, 3.8) is 0 Å². The Morgan fingerprint density at radius 1 is 1.35 bits per heavy atom. The third-order valence-corrected chi connectivity index (χ3v) is 5.98. The van der Waals surface area contributed by atoms with Crippen LogP contribution >= 0.6 is 0 Å². The lowest BCUT2D eigenvalue weighted by Crippen LogP contribution is -2.51. The number of rotatable bonds is 2. The van der Waals surface area contributed by atoms with Crippen molar-refractivity contribution in [2.45, 2.75) is 25.7 Å². The van der Waals surface area contributed by atoms with Gasteiger partial charge in [-0.3, -0.25) is 19.2 Å². The van der Waals surface area contributed by atoms with Gasteiger partial charge in [0.25, 0.3) is 0 Å². The van der Waals surface area contributed by atoms with Crippen molar-refractivity contribution in [2.75, 3.05) is 0 Å². The molecule has 6 unspecified atom stereocenters. The predicted molar refractivity (Wildman–Crippen MR) is 61.6 cm³/mol. The Morgan fingerprint density at radius 2 is 2.15 bits per heavy atom. The highest BCUT2D eigenvalue weighted by molar-refractivity contribution is 5.98. The minimum atomic E-state index is -0.623. The first-order chi connectivity index (χ1) is 9.56. The smallest absolute Gasteiger partial charge is 0.320 e. The van der Waals surface area contributed by atoms with Crippen molar-refractivity contribution in [3.8, 4) is 0 Å². The first kappa shape index (κ1) is 12.1. The zero-order chi connectivity index (χ0) is 14.1. The van der Waals surface area contributed by atoms with Gasteiger partial charge in [0.15, 0.2) is 0 Å². The Bertz CT molecular complexity index is 538. The molecule has 6 heteroatoms. The number of carbonyl (C=O) groups is 4. The van der Waals surface area contributed by atoms with E-state index in [4.69, 9.17) is 4.74 Å². The molecule has 1 aliphatic heterocycles. The molecule has 4 fully saturated rings. The zero-order valence-electron chi connectivity index (χ0n) is 10.7. The summed E-state index contributed by atoms with van der Waals surface area (Å²) in [6.45, 7) is 0.178. The second kappa shape index (κ2) is 3.68. The number of ether oxygens (including phenoxy) is 2. The van der Waals surface area contributed by atoms with Gasteiger partial charge in [-0.05, 0) is 42.9 Å². The quantitative estimate of drug-likeness (QED) is 0.414. The fourth-order valence-electron chi connectivity index (χ4n) is 5.35. The van der Waals surface area contributed by atoms with Crippen LogP contribution in [0.1, 0.15) is 25.7 Å². The Labute approximate surface area is 114 Å². The molecule has 3 saturated carbocycles. The number of hydrogen-bond donors (Lipinski definition) is 0. The van der Waals surface area contributed by atoms with Gasteiger partial charge in [-0.25, -0.2) is 0 Å². The summed E-state index contributed by atoms with van der Waals surface area (Å²) in [7, 11) is 0. The lowest BCUT2D eigenvalue weighted by molar-refractivity contribution is -0.168. The van der Waals surface area contributed by atoms with Crippen molar-refractivity contribution in [1.29, 1.82) is 0 Å². The molecule has 106 valence electrons. The average molecular weight is 278 g/mol. The second-order valence-electron chi connectivity index (χ2n) is 6.52. The normalized spacial score (nSPS) is 47.9. The van der Waals surface area contributed by atoms with Gasteiger partial charge in [0.05, 0.1) is 17.8 Å². The van der Waals surface area contributed by atoms with Crippen molar-refractivity contribution < 1.29 is 28.7 Å². The third kappa shape index (κ3) is 1.24. The second-order valence-corrected chi connectivity index (χ2v) is 6.52. The molecule has 1 heterocycles. The van der Waals surface area contributed by atoms with E-state index in [1.807, 2.05) is 0 Å². The summed E-state index contributed by atoms with van der Waals surface area (Å²) < 4.78 is 9.21. The highest BCUT2D eigenvalue weighted by atomic mass is 16.6. The minimum Gasteiger partial charge on any atom is -0.395 e. The van der Waals surface area contributed by atoms with Crippen molar-refractivity contribution in [3.05, 3.63) is 0 Å². The number of cyclic esters (lactones) is 2. The van der Waals surface area contributed by atoms with E-state index in [1.54, 1.807) is 0 Å². The predicted octanol–water partition coefficient (Wildman–Crippen LogP) is 0.438. The fourth-order valence-corrected chi connectivity index (χ4v) is 5.35. The van der Waals surface area contributed by atoms with Crippen LogP contribution in [-0.2, 0) is 28.7 Å². The van der Waals surface area contributed by atoms with Crippen molar-refractivity contribution in [1.82, 2.24) is 0 Å². The molecule has 0 radical (unpaired) electrons. The number of hydrogen-bond acceptors (Lipinski definition) is 6. The maximum Gasteiger partial charge on any atom is 0.320 e. The Kier molecular flexibility index (Phi) is 2.22. The van der Waals surface area contributed by atoms with E-state index < -0.39 is 17.4 Å². The largest absolute Gasteiger partial charge is 0.395 e. The molecule has 2 bridgehead atoms. The van der Waals surface area contributed by atoms with E-state index in [2.05, 4.69) is 4.74 Å². The van der Waals surface area contributed by atoms with Gasteiger partial charge in [0.2, 0.25) is 0 Å². The first-order valence-corrected chi connectivity index (χ1v) is 6.96. The van der Waals surface area contributed by atoms with Crippen LogP contribution < -0.4 is 0 Å². The van der Waals surface area contributed by atoms with E-state index in [0.29, 0.717) is 12.8 Å². The van der Waals surface area contributed by atoms with Crippen LogP contribution in [0.4, 0.5) is 0 Å². The molecule has 0 aromatic rings. The number of esters is 3. The summed E-state index contributed by atoms with van der Waals surface area (Å²) >= 11 is 0. The summed E-state index contributed by atoms with van der Waals surface area (Å²) in [5.74, 6) is -0.544. The van der Waals surface area contributed by atoms with Crippen molar-refractivity contribution in [2.24, 2.45) is 35.0 Å². The molecule has 0 N–H and O–H groups in total. The lowest BCUT2D eigenvalue weighted by Gasteiger charge is -2.50. The van der Waals surface area contributed by atoms with Crippen LogP contribution in [0.2, 0.25) is 0 Å². The van der Waals surface area contributed by atoms with Crippen LogP contribution in [-0.4, -0.2) is 24.4 Å². The van der Waals surface area contributed by atoms with Crippen LogP contribution in [0.3, 0.4) is 0 Å². The van der Waals surface area contributed by atoms with Crippen LogP contribution in [0.25, 0.3) is 0 Å². The van der Waals surface area contributed by atoms with Crippen molar-refractivity contribution >= 4 is 24.4 Å². The summed E-state index contributed by atoms with van der Waals surface area (Å²) in [5.41, 5.74) is -0.623. The molecule has 3 aliphatic carbocycles. The molecule has 20 heavy (non-hydrogen) atoms. The molecule has 6 nitrogen and oxygen atoms in total. The Morgan fingerprint density at radius 3 is 2.75 bits per heavy atom. The van der Waals surface area contributed by atoms with Crippen LogP contribution in [0.15, 0.2) is 0 Å². The van der Waals surface area contributed by atoms with Gasteiger partial charge in [0, 0.05) is 0 Å². The lowest BCUT2D eigenvalue weighted by atomic mass is 9.52. The molecule has 1 saturated heterocycles. The maximum atomic E-state index is 12.0. The first-order valence-electron chi connectivity index (χ1n) is 6.96. The van der Waals surface area contributed by atoms with Gasteiger partial charge in [0.1, 0.15) is 0 Å². The summed E-state index contributed by atoms with van der Waals surface area (Å²) in [5, 5.41) is 0. The molecule has 0 amide bonds. The molecule has 6 atom stereocenters. The van der Waals surface area contributed by atoms with Gasteiger partial charge in [-0.15, -0.1) is 0 Å². The van der Waals surface area contributed by atoms with Crippen LogP contribution in [0, 0.1) is 35.0 Å². The van der Waals surface area contributed by atoms with E-state index in [0.717, 1.165) is 6.42 Å². The van der Waals surface area contributed by atoms with Gasteiger partial charge < -0.3 is 9.47 Å². The van der Waals surface area contributed by atoms with E-state index >= 15 is 0 Å². The highest BCUT2D eigenvalue weighted by Gasteiger charge is 2.71. The Hall–Kier alpha value is -1.72. The molecular weight excluding hydrogens is 264 g/mol. The topological polar surface area (TPSA) is 86.7 Å². The van der Waals surface area contributed by atoms with Gasteiger partial charge >= 0.3 is 24.4 Å². The molecular formula is C14H14O6. The van der Waals surface area contributed by atoms with Gasteiger partial charge in [-0.1, -0.05) is 0 Å². The molecule has 0 aromatic carbocycles.